The van der Waals surface area contributed by atoms with Crippen LogP contribution in [0, 0.1) is 41.7 Å². The van der Waals surface area contributed by atoms with E-state index >= 15 is 4.79 Å². The molecule has 6 unspecified atom stereocenters. The van der Waals surface area contributed by atoms with Crippen molar-refractivity contribution in [2.75, 3.05) is 33.5 Å². The Bertz CT molecular complexity index is 2420. The Morgan fingerprint density at radius 1 is 0.940 bits per heavy atom. The normalized spacial score (nSPS) is 22.1. The quantitative estimate of drug-likeness (QED) is 0.0317. The number of non-ortho nitro benzene ring substituents is 1. The largest absolute Gasteiger partial charge is 0.497 e. The molecule has 3 aliphatic rings. The second-order valence-electron chi connectivity index (χ2n) is 17.9. The number of carbonyl (C=O) groups excluding carboxylic acids is 1. The van der Waals surface area contributed by atoms with Crippen LogP contribution in [0.3, 0.4) is 0 Å². The van der Waals surface area contributed by atoms with E-state index in [1.807, 2.05) is 66.4 Å². The van der Waals surface area contributed by atoms with Gasteiger partial charge in [0.2, 0.25) is 11.7 Å². The molecule has 1 heterocycles. The highest BCUT2D eigenvalue weighted by Crippen LogP contribution is 2.62. The second kappa shape index (κ2) is 22.6. The van der Waals surface area contributed by atoms with Crippen molar-refractivity contribution in [2.24, 2.45) is 22.9 Å². The molecule has 2 aliphatic carbocycles. The number of carbonyl (C=O) groups is 1. The minimum atomic E-state index is -1.42. The van der Waals surface area contributed by atoms with Crippen molar-refractivity contribution in [1.82, 2.24) is 4.90 Å². The molecular weight excluding hydrogens is 851 g/mol. The molecule has 356 valence electrons. The lowest BCUT2D eigenvalue weighted by atomic mass is 9.55. The average Bonchev–Trinajstić information content (AvgIpc) is 3.33. The number of nitro benzene ring substituents is 1. The van der Waals surface area contributed by atoms with E-state index in [4.69, 9.17) is 28.9 Å². The van der Waals surface area contributed by atoms with Gasteiger partial charge in [-0.15, -0.1) is 6.58 Å². The van der Waals surface area contributed by atoms with E-state index in [2.05, 4.69) is 32.6 Å². The van der Waals surface area contributed by atoms with Gasteiger partial charge in [-0.05, 0) is 140 Å². The fraction of sp³-hybridized carbons (Fsp3) is 0.444. The molecule has 0 spiro atoms. The van der Waals surface area contributed by atoms with Crippen molar-refractivity contribution >= 4 is 17.3 Å². The lowest BCUT2D eigenvalue weighted by Gasteiger charge is -2.60. The van der Waals surface area contributed by atoms with Gasteiger partial charge in [-0.2, -0.15) is 0 Å². The first kappa shape index (κ1) is 48.9. The van der Waals surface area contributed by atoms with Crippen LogP contribution in [-0.2, 0) is 27.4 Å². The highest BCUT2D eigenvalue weighted by Gasteiger charge is 2.65. The Morgan fingerprint density at radius 2 is 1.69 bits per heavy atom. The van der Waals surface area contributed by atoms with Crippen LogP contribution < -0.4 is 14.2 Å². The fourth-order valence-electron chi connectivity index (χ4n) is 10.3. The summed E-state index contributed by atoms with van der Waals surface area (Å²) in [5.41, 5.74) is 6.30. The number of hydrogen-bond acceptors (Lipinski definition) is 11. The number of nitro groups is 1. The number of aliphatic hydroxyl groups is 2. The number of ether oxygens (including phenoxy) is 4. The van der Waals surface area contributed by atoms with Crippen LogP contribution in [0.25, 0.3) is 0 Å². The van der Waals surface area contributed by atoms with Crippen molar-refractivity contribution in [3.8, 4) is 23.0 Å². The number of fused-ring (bicyclic) bond motifs is 2. The van der Waals surface area contributed by atoms with Gasteiger partial charge in [-0.25, -0.2) is 0 Å². The Labute approximate surface area is 394 Å². The number of unbranched alkanes of at least 4 members (excludes halogenated alkanes) is 2. The van der Waals surface area contributed by atoms with E-state index in [9.17, 15) is 20.3 Å². The van der Waals surface area contributed by atoms with Crippen LogP contribution >= 0.6 is 0 Å². The van der Waals surface area contributed by atoms with E-state index in [-0.39, 0.29) is 68.6 Å². The van der Waals surface area contributed by atoms with Crippen molar-refractivity contribution in [3.63, 3.8) is 0 Å². The molecule has 7 rings (SSSR count). The van der Waals surface area contributed by atoms with Crippen LogP contribution in [0.4, 0.5) is 5.69 Å². The number of amides is 1. The Balaban J connectivity index is 1.42. The molecular formula is C54H65N3O10. The van der Waals surface area contributed by atoms with E-state index in [0.717, 1.165) is 53.7 Å². The Morgan fingerprint density at radius 3 is 2.39 bits per heavy atom. The number of hydrogen-bond donors (Lipinski definition) is 2. The summed E-state index contributed by atoms with van der Waals surface area (Å²) in [6.07, 6.45) is 9.48. The smallest absolute Gasteiger partial charge is 0.269 e. The molecule has 1 aliphatic heterocycles. The maximum Gasteiger partial charge on any atom is 0.269 e. The first-order valence-corrected chi connectivity index (χ1v) is 23.6. The maximum atomic E-state index is 15.0. The predicted molar refractivity (Wildman–Crippen MR) is 258 cm³/mol. The average molecular weight is 916 g/mol. The second-order valence-corrected chi connectivity index (χ2v) is 17.9. The summed E-state index contributed by atoms with van der Waals surface area (Å²) in [6, 6.07) is 25.1. The van der Waals surface area contributed by atoms with E-state index in [1.54, 1.807) is 25.3 Å². The molecule has 1 amide bonds. The maximum absolute atomic E-state index is 15.0. The highest BCUT2D eigenvalue weighted by molar-refractivity contribution is 6.03. The zero-order valence-electron chi connectivity index (χ0n) is 39.2. The van der Waals surface area contributed by atoms with Gasteiger partial charge in [0.1, 0.15) is 35.6 Å². The topological polar surface area (TPSA) is 162 Å². The molecule has 1 saturated carbocycles. The minimum absolute atomic E-state index is 0.0185. The number of aliphatic hydroxyl groups excluding tert-OH is 2. The molecule has 1 fully saturated rings. The zero-order chi connectivity index (χ0) is 47.5. The molecule has 6 atom stereocenters. The Kier molecular flexibility index (Phi) is 16.5. The SMILES string of the molecule is C=CCOC12Oc3ccc(Oc4ccc(C)c(C)c4)cc3C3C(CCCCO)C(CCCCO)C=C(C(=NOCc4ccc([N+](=O)[O-])cc4)CC1N(CCC)C(=O)Cc1cccc(OC)c1)C32. The van der Waals surface area contributed by atoms with Crippen LogP contribution in [0.1, 0.15) is 92.0 Å². The number of allylic oxidation sites excluding steroid dienone is 1. The van der Waals surface area contributed by atoms with Gasteiger partial charge in [0, 0.05) is 49.8 Å². The standard InChI is InChI=1S/C54H65N3O10/c1-6-25-56(51(60)31-39-13-12-15-42(30-39)63-5)50-34-48(55-65-35-38-18-20-41(21-19-38)57(61)62)46-32-40(14-8-10-26-58)45(16-9-11-27-59)52-47-33-44(66-43-22-17-36(3)37(4)29-43)23-24-49(47)67-54(50,53(46)52)64-28-7-2/h7,12-13,15,17-24,29-30,32-33,40,45,50,52-53,58-59H,2,6,8-11,14,16,25-28,31,34-35H2,1,3-5H3. The molecule has 4 aromatic rings. The van der Waals surface area contributed by atoms with Crippen molar-refractivity contribution in [1.29, 1.82) is 0 Å². The number of aryl methyl sites for hydroxylation is 2. The molecule has 4 aromatic carbocycles. The summed E-state index contributed by atoms with van der Waals surface area (Å²) in [7, 11) is 1.61. The number of nitrogens with zero attached hydrogens (tertiary/aromatic N) is 3. The highest BCUT2D eigenvalue weighted by atomic mass is 16.7. The third kappa shape index (κ3) is 11.1. The first-order chi connectivity index (χ1) is 32.5. The molecule has 0 saturated heterocycles. The van der Waals surface area contributed by atoms with Crippen LogP contribution in [-0.4, -0.2) is 77.0 Å². The van der Waals surface area contributed by atoms with E-state index in [0.29, 0.717) is 54.3 Å². The molecule has 13 heteroatoms. The van der Waals surface area contributed by atoms with E-state index in [1.165, 1.54) is 17.7 Å². The molecule has 67 heavy (non-hydrogen) atoms. The van der Waals surface area contributed by atoms with Gasteiger partial charge in [0.15, 0.2) is 0 Å². The monoisotopic (exact) mass is 915 g/mol. The summed E-state index contributed by atoms with van der Waals surface area (Å²) < 4.78 is 26.7. The molecule has 0 aromatic heterocycles. The number of methoxy groups -OCH3 is 1. The number of benzene rings is 4. The van der Waals surface area contributed by atoms with E-state index < -0.39 is 22.7 Å². The van der Waals surface area contributed by atoms with Crippen LogP contribution in [0.2, 0.25) is 0 Å². The zero-order valence-corrected chi connectivity index (χ0v) is 39.2. The molecule has 0 radical (unpaired) electrons. The number of rotatable bonds is 23. The Hall–Kier alpha value is -6.02. The first-order valence-electron chi connectivity index (χ1n) is 23.6. The lowest BCUT2D eigenvalue weighted by Crippen LogP contribution is -2.70. The van der Waals surface area contributed by atoms with Gasteiger partial charge < -0.3 is 38.9 Å². The van der Waals surface area contributed by atoms with Crippen molar-refractivity contribution < 1.29 is 43.7 Å². The summed E-state index contributed by atoms with van der Waals surface area (Å²) in [5.74, 6) is 0.447. The van der Waals surface area contributed by atoms with Crippen molar-refractivity contribution in [3.05, 3.63) is 147 Å². The van der Waals surface area contributed by atoms with Crippen molar-refractivity contribution in [2.45, 2.75) is 103 Å². The van der Waals surface area contributed by atoms with Gasteiger partial charge in [-0.1, -0.05) is 55.3 Å². The van der Waals surface area contributed by atoms with Gasteiger partial charge in [0.25, 0.3) is 5.69 Å². The van der Waals surface area contributed by atoms with Gasteiger partial charge in [-0.3, -0.25) is 14.9 Å². The van der Waals surface area contributed by atoms with Crippen LogP contribution in [0.15, 0.2) is 114 Å². The van der Waals surface area contributed by atoms with Crippen LogP contribution in [0.5, 0.6) is 23.0 Å². The minimum Gasteiger partial charge on any atom is -0.497 e. The third-order valence-corrected chi connectivity index (χ3v) is 13.6. The number of oxime groups is 1. The van der Waals surface area contributed by atoms with Gasteiger partial charge >= 0.3 is 0 Å². The predicted octanol–water partition coefficient (Wildman–Crippen LogP) is 10.3. The third-order valence-electron chi connectivity index (χ3n) is 13.6. The summed E-state index contributed by atoms with van der Waals surface area (Å²) in [6.45, 7) is 11.0. The fourth-order valence-corrected chi connectivity index (χ4v) is 10.3. The molecule has 2 N–H and O–H groups in total. The molecule has 0 bridgehead atoms. The van der Waals surface area contributed by atoms with Gasteiger partial charge in [0.05, 0.1) is 36.7 Å². The lowest BCUT2D eigenvalue weighted by molar-refractivity contribution is -0.384. The summed E-state index contributed by atoms with van der Waals surface area (Å²) in [5, 5.41) is 36.4. The molecule has 13 nitrogen and oxygen atoms in total. The summed E-state index contributed by atoms with van der Waals surface area (Å²) in [4.78, 5) is 34.1. The summed E-state index contributed by atoms with van der Waals surface area (Å²) >= 11 is 0.